The standard InChI is InChI=1S/C13H24N2/c1-2-4-11(3-1)9-14-12-7-8-15(10-12)13-5-6-13/h11-14H,1-10H2. The van der Waals surface area contributed by atoms with Crippen molar-refractivity contribution in [3.8, 4) is 0 Å². The minimum absolute atomic E-state index is 0.811. The second-order valence-electron chi connectivity index (χ2n) is 5.77. The Hall–Kier alpha value is -0.0800. The maximum absolute atomic E-state index is 3.79. The Morgan fingerprint density at radius 1 is 1.00 bits per heavy atom. The normalized spacial score (nSPS) is 34.0. The first-order chi connectivity index (χ1) is 7.42. The van der Waals surface area contributed by atoms with E-state index in [1.807, 2.05) is 0 Å². The largest absolute Gasteiger partial charge is 0.312 e. The summed E-state index contributed by atoms with van der Waals surface area (Å²) >= 11 is 0. The minimum atomic E-state index is 0.811. The number of nitrogens with zero attached hydrogens (tertiary/aromatic N) is 1. The molecule has 0 aromatic rings. The molecule has 2 aliphatic carbocycles. The number of hydrogen-bond donors (Lipinski definition) is 1. The lowest BCUT2D eigenvalue weighted by molar-refractivity contribution is 0.314. The van der Waals surface area contributed by atoms with Crippen LogP contribution in [-0.4, -0.2) is 36.6 Å². The highest BCUT2D eigenvalue weighted by Crippen LogP contribution is 2.30. The van der Waals surface area contributed by atoms with Crippen LogP contribution in [0.1, 0.15) is 44.9 Å². The molecule has 1 aliphatic heterocycles. The molecule has 0 aromatic carbocycles. The van der Waals surface area contributed by atoms with E-state index in [0.29, 0.717) is 0 Å². The molecule has 3 aliphatic rings. The van der Waals surface area contributed by atoms with Crippen LogP contribution in [0.4, 0.5) is 0 Å². The molecule has 1 atom stereocenters. The predicted molar refractivity (Wildman–Crippen MR) is 63.0 cm³/mol. The SMILES string of the molecule is C1CCC(CNC2CCN(C3CC3)C2)C1. The fraction of sp³-hybridized carbons (Fsp3) is 1.00. The third kappa shape index (κ3) is 2.54. The average Bonchev–Trinajstić information content (AvgIpc) is 2.82. The van der Waals surface area contributed by atoms with Gasteiger partial charge < -0.3 is 5.32 Å². The van der Waals surface area contributed by atoms with Gasteiger partial charge in [0, 0.05) is 25.2 Å². The maximum atomic E-state index is 3.79. The monoisotopic (exact) mass is 208 g/mol. The Kier molecular flexibility index (Phi) is 2.98. The number of nitrogens with one attached hydrogen (secondary N) is 1. The van der Waals surface area contributed by atoms with E-state index in [1.54, 1.807) is 0 Å². The van der Waals surface area contributed by atoms with Gasteiger partial charge in [-0.05, 0) is 44.6 Å². The molecule has 86 valence electrons. The van der Waals surface area contributed by atoms with Gasteiger partial charge >= 0.3 is 0 Å². The summed E-state index contributed by atoms with van der Waals surface area (Å²) in [6, 6.07) is 1.79. The molecule has 2 heteroatoms. The average molecular weight is 208 g/mol. The second-order valence-corrected chi connectivity index (χ2v) is 5.77. The van der Waals surface area contributed by atoms with Gasteiger partial charge in [0.25, 0.3) is 0 Å². The fourth-order valence-electron chi connectivity index (χ4n) is 3.27. The van der Waals surface area contributed by atoms with Gasteiger partial charge in [0.05, 0.1) is 0 Å². The smallest absolute Gasteiger partial charge is 0.0207 e. The molecular formula is C13H24N2. The van der Waals surface area contributed by atoms with E-state index < -0.39 is 0 Å². The second kappa shape index (κ2) is 4.42. The van der Waals surface area contributed by atoms with Crippen molar-refractivity contribution in [2.45, 2.75) is 57.0 Å². The molecule has 2 nitrogen and oxygen atoms in total. The molecule has 3 rings (SSSR count). The van der Waals surface area contributed by atoms with Crippen LogP contribution in [0.2, 0.25) is 0 Å². The van der Waals surface area contributed by atoms with Crippen LogP contribution in [0, 0.1) is 5.92 Å². The van der Waals surface area contributed by atoms with E-state index in [4.69, 9.17) is 0 Å². The van der Waals surface area contributed by atoms with E-state index in [-0.39, 0.29) is 0 Å². The zero-order valence-corrected chi connectivity index (χ0v) is 9.75. The third-order valence-corrected chi connectivity index (χ3v) is 4.45. The Morgan fingerprint density at radius 3 is 2.53 bits per heavy atom. The van der Waals surface area contributed by atoms with Crippen LogP contribution in [0.3, 0.4) is 0 Å². The van der Waals surface area contributed by atoms with E-state index in [0.717, 1.165) is 18.0 Å². The first-order valence-electron chi connectivity index (χ1n) is 6.89. The first kappa shape index (κ1) is 10.1. The van der Waals surface area contributed by atoms with Crippen molar-refractivity contribution in [1.29, 1.82) is 0 Å². The summed E-state index contributed by atoms with van der Waals surface area (Å²) in [6.07, 6.45) is 10.2. The molecule has 1 N–H and O–H groups in total. The Labute approximate surface area is 93.4 Å². The highest BCUT2D eigenvalue weighted by Gasteiger charge is 2.34. The first-order valence-corrected chi connectivity index (χ1v) is 6.89. The quantitative estimate of drug-likeness (QED) is 0.760. The Morgan fingerprint density at radius 2 is 1.80 bits per heavy atom. The van der Waals surface area contributed by atoms with E-state index in [2.05, 4.69) is 10.2 Å². The van der Waals surface area contributed by atoms with Crippen LogP contribution in [0.25, 0.3) is 0 Å². The Balaban J connectivity index is 1.37. The molecule has 0 aromatic heterocycles. The molecule has 0 spiro atoms. The van der Waals surface area contributed by atoms with Crippen LogP contribution in [-0.2, 0) is 0 Å². The summed E-state index contributed by atoms with van der Waals surface area (Å²) in [5.74, 6) is 1.000. The summed E-state index contributed by atoms with van der Waals surface area (Å²) in [6.45, 7) is 3.98. The van der Waals surface area contributed by atoms with Crippen LogP contribution >= 0.6 is 0 Å². The number of hydrogen-bond acceptors (Lipinski definition) is 2. The molecule has 1 heterocycles. The highest BCUT2D eigenvalue weighted by molar-refractivity contribution is 4.92. The molecular weight excluding hydrogens is 184 g/mol. The van der Waals surface area contributed by atoms with Crippen molar-refractivity contribution in [2.24, 2.45) is 5.92 Å². The van der Waals surface area contributed by atoms with Crippen molar-refractivity contribution >= 4 is 0 Å². The van der Waals surface area contributed by atoms with Gasteiger partial charge in [0.1, 0.15) is 0 Å². The van der Waals surface area contributed by atoms with Crippen molar-refractivity contribution in [2.75, 3.05) is 19.6 Å². The highest BCUT2D eigenvalue weighted by atomic mass is 15.2. The number of rotatable bonds is 4. The van der Waals surface area contributed by atoms with Gasteiger partial charge in [-0.2, -0.15) is 0 Å². The molecule has 0 radical (unpaired) electrons. The molecule has 3 fully saturated rings. The molecule has 0 bridgehead atoms. The summed E-state index contributed by atoms with van der Waals surface area (Å²) in [5.41, 5.74) is 0. The summed E-state index contributed by atoms with van der Waals surface area (Å²) in [7, 11) is 0. The predicted octanol–water partition coefficient (Wildman–Crippen LogP) is 2.00. The summed E-state index contributed by atoms with van der Waals surface area (Å²) < 4.78 is 0. The van der Waals surface area contributed by atoms with Gasteiger partial charge in [0.2, 0.25) is 0 Å². The van der Waals surface area contributed by atoms with Gasteiger partial charge in [-0.1, -0.05) is 12.8 Å². The van der Waals surface area contributed by atoms with E-state index in [9.17, 15) is 0 Å². The molecule has 15 heavy (non-hydrogen) atoms. The van der Waals surface area contributed by atoms with Gasteiger partial charge in [-0.15, -0.1) is 0 Å². The lowest BCUT2D eigenvalue weighted by atomic mass is 10.1. The maximum Gasteiger partial charge on any atom is 0.0207 e. The van der Waals surface area contributed by atoms with Crippen molar-refractivity contribution in [3.63, 3.8) is 0 Å². The zero-order valence-electron chi connectivity index (χ0n) is 9.75. The van der Waals surface area contributed by atoms with E-state index in [1.165, 1.54) is 64.6 Å². The molecule has 2 saturated carbocycles. The minimum Gasteiger partial charge on any atom is -0.312 e. The van der Waals surface area contributed by atoms with Gasteiger partial charge in [-0.3, -0.25) is 4.90 Å². The van der Waals surface area contributed by atoms with Crippen LogP contribution in [0.5, 0.6) is 0 Å². The molecule has 0 amide bonds. The zero-order chi connectivity index (χ0) is 10.1. The molecule has 1 unspecified atom stereocenters. The van der Waals surface area contributed by atoms with Crippen LogP contribution < -0.4 is 5.32 Å². The van der Waals surface area contributed by atoms with Gasteiger partial charge in [-0.25, -0.2) is 0 Å². The fourth-order valence-corrected chi connectivity index (χ4v) is 3.27. The van der Waals surface area contributed by atoms with E-state index >= 15 is 0 Å². The lowest BCUT2D eigenvalue weighted by Gasteiger charge is -2.17. The van der Waals surface area contributed by atoms with Crippen molar-refractivity contribution < 1.29 is 0 Å². The number of likely N-dealkylation sites (tertiary alicyclic amines) is 1. The summed E-state index contributed by atoms with van der Waals surface area (Å²) in [4.78, 5) is 2.70. The van der Waals surface area contributed by atoms with Crippen molar-refractivity contribution in [1.82, 2.24) is 10.2 Å². The van der Waals surface area contributed by atoms with Crippen LogP contribution in [0.15, 0.2) is 0 Å². The van der Waals surface area contributed by atoms with Crippen molar-refractivity contribution in [3.05, 3.63) is 0 Å². The topological polar surface area (TPSA) is 15.3 Å². The summed E-state index contributed by atoms with van der Waals surface area (Å²) in [5, 5.41) is 3.79. The molecule has 1 saturated heterocycles. The third-order valence-electron chi connectivity index (χ3n) is 4.45. The Bertz CT molecular complexity index is 207. The van der Waals surface area contributed by atoms with Gasteiger partial charge in [0.15, 0.2) is 0 Å². The lowest BCUT2D eigenvalue weighted by Crippen LogP contribution is -2.35.